The summed E-state index contributed by atoms with van der Waals surface area (Å²) in [6, 6.07) is 7.87. The predicted octanol–water partition coefficient (Wildman–Crippen LogP) is 4.45. The van der Waals surface area contributed by atoms with E-state index in [9.17, 15) is 4.79 Å². The quantitative estimate of drug-likeness (QED) is 0.673. The Morgan fingerprint density at radius 2 is 2.15 bits per heavy atom. The molecular formula is C16H21NO2S. The van der Waals surface area contributed by atoms with Crippen LogP contribution in [0.15, 0.2) is 40.3 Å². The molecule has 0 N–H and O–H groups in total. The van der Waals surface area contributed by atoms with Crippen molar-refractivity contribution >= 4 is 17.2 Å². The number of hydrogen-bond acceptors (Lipinski definition) is 3. The number of hydrogen-bond donors (Lipinski definition) is 0. The van der Waals surface area contributed by atoms with Crippen LogP contribution >= 0.6 is 11.3 Å². The first-order valence-electron chi connectivity index (χ1n) is 7.12. The topological polar surface area (TPSA) is 33.5 Å². The van der Waals surface area contributed by atoms with Gasteiger partial charge in [0.05, 0.1) is 19.4 Å². The summed E-state index contributed by atoms with van der Waals surface area (Å²) in [5.41, 5.74) is 0. The number of nitrogens with zero attached hydrogens (tertiary/aromatic N) is 1. The number of amides is 1. The van der Waals surface area contributed by atoms with Crippen molar-refractivity contribution in [1.82, 2.24) is 4.90 Å². The normalized spacial score (nSPS) is 10.7. The summed E-state index contributed by atoms with van der Waals surface area (Å²) in [7, 11) is 0. The molecule has 0 atom stereocenters. The molecule has 0 fully saturated rings. The van der Waals surface area contributed by atoms with Crippen molar-refractivity contribution in [3.05, 3.63) is 46.5 Å². The van der Waals surface area contributed by atoms with Gasteiger partial charge < -0.3 is 9.32 Å². The zero-order chi connectivity index (χ0) is 14.2. The smallest absolute Gasteiger partial charge is 0.223 e. The van der Waals surface area contributed by atoms with Crippen molar-refractivity contribution in [2.75, 3.05) is 0 Å². The van der Waals surface area contributed by atoms with Crippen molar-refractivity contribution in [3.8, 4) is 0 Å². The van der Waals surface area contributed by atoms with Crippen molar-refractivity contribution < 1.29 is 9.21 Å². The first-order valence-corrected chi connectivity index (χ1v) is 8.00. The summed E-state index contributed by atoms with van der Waals surface area (Å²) in [5, 5.41) is 2.04. The molecule has 2 heterocycles. The fraction of sp³-hybridized carbons (Fsp3) is 0.438. The number of furan rings is 1. The van der Waals surface area contributed by atoms with Crippen LogP contribution in [-0.2, 0) is 17.9 Å². The number of carbonyl (C=O) groups excluding carboxylic acids is 1. The lowest BCUT2D eigenvalue weighted by Crippen LogP contribution is -2.29. The number of unbranched alkanes of at least 4 members (excludes halogenated alkanes) is 2. The Morgan fingerprint density at radius 3 is 2.80 bits per heavy atom. The Bertz CT molecular complexity index is 454. The van der Waals surface area contributed by atoms with E-state index >= 15 is 0 Å². The van der Waals surface area contributed by atoms with Crippen LogP contribution in [0, 0.1) is 0 Å². The van der Waals surface area contributed by atoms with E-state index in [1.807, 2.05) is 28.5 Å². The van der Waals surface area contributed by atoms with Crippen molar-refractivity contribution in [2.45, 2.75) is 45.7 Å². The van der Waals surface area contributed by atoms with Gasteiger partial charge >= 0.3 is 0 Å². The SMILES string of the molecule is CCCCCC(=O)N(Cc1ccco1)Cc1cccs1. The summed E-state index contributed by atoms with van der Waals surface area (Å²) < 4.78 is 5.37. The highest BCUT2D eigenvalue weighted by atomic mass is 32.1. The largest absolute Gasteiger partial charge is 0.467 e. The minimum Gasteiger partial charge on any atom is -0.467 e. The van der Waals surface area contributed by atoms with E-state index in [-0.39, 0.29) is 5.91 Å². The highest BCUT2D eigenvalue weighted by molar-refractivity contribution is 7.09. The molecule has 0 aliphatic carbocycles. The maximum atomic E-state index is 12.4. The van der Waals surface area contributed by atoms with Crippen LogP contribution in [0.25, 0.3) is 0 Å². The summed E-state index contributed by atoms with van der Waals surface area (Å²) in [6.45, 7) is 3.37. The maximum absolute atomic E-state index is 12.4. The number of rotatable bonds is 8. The molecule has 0 saturated heterocycles. The lowest BCUT2D eigenvalue weighted by molar-refractivity contribution is -0.132. The summed E-state index contributed by atoms with van der Waals surface area (Å²) in [4.78, 5) is 15.5. The summed E-state index contributed by atoms with van der Waals surface area (Å²) >= 11 is 1.69. The second kappa shape index (κ2) is 7.90. The second-order valence-corrected chi connectivity index (χ2v) is 5.90. The van der Waals surface area contributed by atoms with Gasteiger partial charge in [-0.2, -0.15) is 0 Å². The first kappa shape index (κ1) is 14.9. The van der Waals surface area contributed by atoms with E-state index in [4.69, 9.17) is 4.42 Å². The molecule has 0 spiro atoms. The third-order valence-corrected chi connectivity index (χ3v) is 4.06. The fourth-order valence-electron chi connectivity index (χ4n) is 2.10. The molecule has 0 aliphatic heterocycles. The van der Waals surface area contributed by atoms with Crippen molar-refractivity contribution in [3.63, 3.8) is 0 Å². The molecule has 0 saturated carbocycles. The Kier molecular flexibility index (Phi) is 5.87. The van der Waals surface area contributed by atoms with Gasteiger partial charge in [-0.25, -0.2) is 0 Å². The lowest BCUT2D eigenvalue weighted by Gasteiger charge is -2.21. The number of thiophene rings is 1. The number of carbonyl (C=O) groups is 1. The maximum Gasteiger partial charge on any atom is 0.223 e. The van der Waals surface area contributed by atoms with Crippen molar-refractivity contribution in [1.29, 1.82) is 0 Å². The molecule has 1 amide bonds. The predicted molar refractivity (Wildman–Crippen MR) is 81.4 cm³/mol. The Morgan fingerprint density at radius 1 is 1.25 bits per heavy atom. The summed E-state index contributed by atoms with van der Waals surface area (Å²) in [5.74, 6) is 1.05. The van der Waals surface area contributed by atoms with E-state index in [1.54, 1.807) is 17.6 Å². The van der Waals surface area contributed by atoms with Crippen LogP contribution in [-0.4, -0.2) is 10.8 Å². The monoisotopic (exact) mass is 291 g/mol. The molecule has 0 aromatic carbocycles. The van der Waals surface area contributed by atoms with E-state index in [2.05, 4.69) is 13.0 Å². The van der Waals surface area contributed by atoms with E-state index in [0.717, 1.165) is 25.0 Å². The average Bonchev–Trinajstić information content (AvgIpc) is 3.11. The molecule has 0 radical (unpaired) electrons. The van der Waals surface area contributed by atoms with E-state index in [0.29, 0.717) is 19.5 Å². The minimum atomic E-state index is 0.211. The molecular weight excluding hydrogens is 270 g/mol. The minimum absolute atomic E-state index is 0.211. The molecule has 2 rings (SSSR count). The third kappa shape index (κ3) is 4.53. The highest BCUT2D eigenvalue weighted by Gasteiger charge is 2.15. The van der Waals surface area contributed by atoms with Gasteiger partial charge in [0.2, 0.25) is 5.91 Å². The van der Waals surface area contributed by atoms with Crippen LogP contribution < -0.4 is 0 Å². The molecule has 3 nitrogen and oxygen atoms in total. The highest BCUT2D eigenvalue weighted by Crippen LogP contribution is 2.16. The molecule has 108 valence electrons. The van der Waals surface area contributed by atoms with Crippen LogP contribution in [0.4, 0.5) is 0 Å². The molecule has 20 heavy (non-hydrogen) atoms. The Balaban J connectivity index is 1.97. The van der Waals surface area contributed by atoms with Crippen LogP contribution in [0.2, 0.25) is 0 Å². The van der Waals surface area contributed by atoms with Gasteiger partial charge in [-0.3, -0.25) is 4.79 Å². The zero-order valence-corrected chi connectivity index (χ0v) is 12.7. The fourth-order valence-corrected chi connectivity index (χ4v) is 2.82. The Hall–Kier alpha value is -1.55. The van der Waals surface area contributed by atoms with Gasteiger partial charge in [0.15, 0.2) is 0 Å². The van der Waals surface area contributed by atoms with Gasteiger partial charge in [0.1, 0.15) is 5.76 Å². The second-order valence-electron chi connectivity index (χ2n) is 4.87. The average molecular weight is 291 g/mol. The molecule has 4 heteroatoms. The molecule has 2 aromatic heterocycles. The lowest BCUT2D eigenvalue weighted by atomic mass is 10.2. The zero-order valence-electron chi connectivity index (χ0n) is 11.9. The van der Waals surface area contributed by atoms with E-state index < -0.39 is 0 Å². The van der Waals surface area contributed by atoms with Crippen LogP contribution in [0.5, 0.6) is 0 Å². The molecule has 0 bridgehead atoms. The third-order valence-electron chi connectivity index (χ3n) is 3.20. The molecule has 0 unspecified atom stereocenters. The van der Waals surface area contributed by atoms with Gasteiger partial charge in [-0.15, -0.1) is 11.3 Å². The first-order chi connectivity index (χ1) is 9.79. The molecule has 0 aliphatic rings. The summed E-state index contributed by atoms with van der Waals surface area (Å²) in [6.07, 6.45) is 5.49. The standard InChI is InChI=1S/C16H21NO2S/c1-2-3-4-9-16(18)17(12-14-7-5-10-19-14)13-15-8-6-11-20-15/h5-8,10-11H,2-4,9,12-13H2,1H3. The van der Waals surface area contributed by atoms with Crippen LogP contribution in [0.1, 0.15) is 43.2 Å². The van der Waals surface area contributed by atoms with Crippen molar-refractivity contribution in [2.24, 2.45) is 0 Å². The Labute approximate surface area is 124 Å². The van der Waals surface area contributed by atoms with Crippen LogP contribution in [0.3, 0.4) is 0 Å². The van der Waals surface area contributed by atoms with Gasteiger partial charge in [-0.05, 0) is 30.0 Å². The van der Waals surface area contributed by atoms with E-state index in [1.165, 1.54) is 4.88 Å². The molecule has 2 aromatic rings. The van der Waals surface area contributed by atoms with Gasteiger partial charge in [-0.1, -0.05) is 25.8 Å². The van der Waals surface area contributed by atoms with Gasteiger partial charge in [0, 0.05) is 11.3 Å². The van der Waals surface area contributed by atoms with Gasteiger partial charge in [0.25, 0.3) is 0 Å².